The van der Waals surface area contributed by atoms with E-state index in [9.17, 15) is 18.3 Å². The Morgan fingerprint density at radius 2 is 1.81 bits per heavy atom. The molecule has 1 rings (SSSR count). The number of alkyl halides is 3. The lowest BCUT2D eigenvalue weighted by Gasteiger charge is -2.36. The van der Waals surface area contributed by atoms with Crippen LogP contribution in [-0.4, -0.2) is 29.6 Å². The van der Waals surface area contributed by atoms with E-state index in [4.69, 9.17) is 4.74 Å². The Balaban J connectivity index is 2.41. The van der Waals surface area contributed by atoms with Gasteiger partial charge in [0.15, 0.2) is 0 Å². The lowest BCUT2D eigenvalue weighted by atomic mass is 9.79. The first-order valence-electron chi connectivity index (χ1n) is 5.64. The summed E-state index contributed by atoms with van der Waals surface area (Å²) in [4.78, 5) is 0. The fraction of sp³-hybridized carbons (Fsp3) is 1.00. The van der Waals surface area contributed by atoms with E-state index in [0.29, 0.717) is 0 Å². The summed E-state index contributed by atoms with van der Waals surface area (Å²) in [6.45, 7) is 3.81. The molecule has 0 heterocycles. The van der Waals surface area contributed by atoms with E-state index in [2.05, 4.69) is 0 Å². The Hall–Kier alpha value is -0.290. The fourth-order valence-corrected chi connectivity index (χ4v) is 1.95. The van der Waals surface area contributed by atoms with Crippen molar-refractivity contribution in [1.29, 1.82) is 0 Å². The first kappa shape index (κ1) is 13.8. The maximum absolute atomic E-state index is 12.4. The number of hydrogen-bond donors (Lipinski definition) is 1. The second kappa shape index (κ2) is 4.92. The maximum Gasteiger partial charge on any atom is 0.391 e. The number of halogens is 3. The first-order chi connectivity index (χ1) is 7.23. The van der Waals surface area contributed by atoms with Crippen molar-refractivity contribution < 1.29 is 23.0 Å². The maximum atomic E-state index is 12.4. The van der Waals surface area contributed by atoms with Crippen molar-refractivity contribution in [2.24, 2.45) is 5.92 Å². The van der Waals surface area contributed by atoms with Crippen LogP contribution in [0.1, 0.15) is 39.5 Å². The summed E-state index contributed by atoms with van der Waals surface area (Å²) in [6, 6.07) is 0. The minimum absolute atomic E-state index is 0.00144. The van der Waals surface area contributed by atoms with Gasteiger partial charge in [-0.1, -0.05) is 0 Å². The summed E-state index contributed by atoms with van der Waals surface area (Å²) in [7, 11) is 0. The highest BCUT2D eigenvalue weighted by atomic mass is 19.4. The van der Waals surface area contributed by atoms with E-state index >= 15 is 0 Å². The summed E-state index contributed by atoms with van der Waals surface area (Å²) >= 11 is 0. The van der Waals surface area contributed by atoms with Gasteiger partial charge in [-0.2, -0.15) is 13.2 Å². The molecular formula is C11H19F3O2. The summed E-state index contributed by atoms with van der Waals surface area (Å²) < 4.78 is 42.5. The van der Waals surface area contributed by atoms with Gasteiger partial charge in [0.1, 0.15) is 0 Å². The van der Waals surface area contributed by atoms with Gasteiger partial charge >= 0.3 is 6.18 Å². The molecular weight excluding hydrogens is 221 g/mol. The van der Waals surface area contributed by atoms with E-state index < -0.39 is 17.7 Å². The molecule has 0 spiro atoms. The molecule has 1 aliphatic carbocycles. The molecule has 0 saturated heterocycles. The van der Waals surface area contributed by atoms with Crippen LogP contribution in [0.25, 0.3) is 0 Å². The molecule has 0 aromatic carbocycles. The SMILES string of the molecule is CC(C)OCC1(O)CCC(C(F)(F)F)CC1. The molecule has 1 saturated carbocycles. The number of rotatable bonds is 3. The zero-order chi connectivity index (χ0) is 12.4. The third-order valence-corrected chi connectivity index (χ3v) is 3.06. The molecule has 96 valence electrons. The van der Waals surface area contributed by atoms with E-state index in [0.717, 1.165) is 0 Å². The van der Waals surface area contributed by atoms with Gasteiger partial charge in [0, 0.05) is 0 Å². The average molecular weight is 240 g/mol. The van der Waals surface area contributed by atoms with E-state index in [1.54, 1.807) is 0 Å². The Morgan fingerprint density at radius 1 is 1.31 bits per heavy atom. The second-order valence-electron chi connectivity index (χ2n) is 4.90. The van der Waals surface area contributed by atoms with Crippen molar-refractivity contribution in [3.63, 3.8) is 0 Å². The van der Waals surface area contributed by atoms with Crippen molar-refractivity contribution in [2.45, 2.75) is 57.4 Å². The lowest BCUT2D eigenvalue weighted by molar-refractivity contribution is -0.197. The molecule has 16 heavy (non-hydrogen) atoms. The van der Waals surface area contributed by atoms with Crippen LogP contribution >= 0.6 is 0 Å². The molecule has 0 aromatic rings. The van der Waals surface area contributed by atoms with E-state index in [1.807, 2.05) is 13.8 Å². The van der Waals surface area contributed by atoms with Gasteiger partial charge in [-0.25, -0.2) is 0 Å². The van der Waals surface area contributed by atoms with Gasteiger partial charge in [-0.05, 0) is 39.5 Å². The molecule has 0 unspecified atom stereocenters. The smallest absolute Gasteiger partial charge is 0.387 e. The number of hydrogen-bond acceptors (Lipinski definition) is 2. The van der Waals surface area contributed by atoms with E-state index in [-0.39, 0.29) is 38.4 Å². The lowest BCUT2D eigenvalue weighted by Crippen LogP contribution is -2.42. The largest absolute Gasteiger partial charge is 0.391 e. The highest BCUT2D eigenvalue weighted by Crippen LogP contribution is 2.41. The zero-order valence-corrected chi connectivity index (χ0v) is 9.68. The van der Waals surface area contributed by atoms with Crippen molar-refractivity contribution in [3.05, 3.63) is 0 Å². The van der Waals surface area contributed by atoms with Crippen LogP contribution in [0.15, 0.2) is 0 Å². The normalized spacial score (nSPS) is 32.1. The summed E-state index contributed by atoms with van der Waals surface area (Å²) in [5, 5.41) is 10.0. The standard InChI is InChI=1S/C11H19F3O2/c1-8(2)16-7-10(15)5-3-9(4-6-10)11(12,13)14/h8-9,15H,3-7H2,1-2H3. The van der Waals surface area contributed by atoms with E-state index in [1.165, 1.54) is 0 Å². The Labute approximate surface area is 93.8 Å². The first-order valence-corrected chi connectivity index (χ1v) is 5.64. The predicted molar refractivity (Wildman–Crippen MR) is 54.1 cm³/mol. The van der Waals surface area contributed by atoms with Crippen molar-refractivity contribution in [2.75, 3.05) is 6.61 Å². The number of aliphatic hydroxyl groups is 1. The summed E-state index contributed by atoms with van der Waals surface area (Å²) in [5.74, 6) is -1.26. The minimum Gasteiger partial charge on any atom is -0.387 e. The highest BCUT2D eigenvalue weighted by molar-refractivity contribution is 4.87. The molecule has 2 nitrogen and oxygen atoms in total. The van der Waals surface area contributed by atoms with Gasteiger partial charge in [0.05, 0.1) is 24.2 Å². The Morgan fingerprint density at radius 3 is 2.19 bits per heavy atom. The van der Waals surface area contributed by atoms with Gasteiger partial charge in [-0.3, -0.25) is 0 Å². The number of ether oxygens (including phenoxy) is 1. The van der Waals surface area contributed by atoms with Crippen LogP contribution in [0.2, 0.25) is 0 Å². The fourth-order valence-electron chi connectivity index (χ4n) is 1.95. The summed E-state index contributed by atoms with van der Waals surface area (Å²) in [5.41, 5.74) is -1.06. The van der Waals surface area contributed by atoms with Crippen LogP contribution < -0.4 is 0 Å². The van der Waals surface area contributed by atoms with Gasteiger partial charge in [0.25, 0.3) is 0 Å². The van der Waals surface area contributed by atoms with Crippen LogP contribution in [0, 0.1) is 5.92 Å². The molecule has 0 radical (unpaired) electrons. The second-order valence-corrected chi connectivity index (χ2v) is 4.90. The average Bonchev–Trinajstić information content (AvgIpc) is 2.14. The van der Waals surface area contributed by atoms with Crippen LogP contribution in [-0.2, 0) is 4.74 Å². The van der Waals surface area contributed by atoms with Crippen molar-refractivity contribution in [1.82, 2.24) is 0 Å². The van der Waals surface area contributed by atoms with Gasteiger partial charge in [0.2, 0.25) is 0 Å². The molecule has 5 heteroatoms. The molecule has 0 aromatic heterocycles. The minimum atomic E-state index is -4.12. The highest BCUT2D eigenvalue weighted by Gasteiger charge is 2.45. The van der Waals surface area contributed by atoms with Gasteiger partial charge < -0.3 is 9.84 Å². The monoisotopic (exact) mass is 240 g/mol. The molecule has 1 aliphatic rings. The third kappa shape index (κ3) is 3.94. The Bertz CT molecular complexity index is 218. The predicted octanol–water partition coefficient (Wildman–Crippen LogP) is 2.90. The molecule has 1 N–H and O–H groups in total. The van der Waals surface area contributed by atoms with Crippen molar-refractivity contribution in [3.8, 4) is 0 Å². The summed E-state index contributed by atoms with van der Waals surface area (Å²) in [6.07, 6.45) is -3.79. The molecule has 0 atom stereocenters. The van der Waals surface area contributed by atoms with Gasteiger partial charge in [-0.15, -0.1) is 0 Å². The van der Waals surface area contributed by atoms with Crippen molar-refractivity contribution >= 4 is 0 Å². The molecule has 0 bridgehead atoms. The quantitative estimate of drug-likeness (QED) is 0.822. The van der Waals surface area contributed by atoms with Crippen LogP contribution in [0.4, 0.5) is 13.2 Å². The zero-order valence-electron chi connectivity index (χ0n) is 9.68. The molecule has 0 aliphatic heterocycles. The topological polar surface area (TPSA) is 29.5 Å². The van der Waals surface area contributed by atoms with Crippen LogP contribution in [0.3, 0.4) is 0 Å². The Kier molecular flexibility index (Phi) is 4.23. The van der Waals surface area contributed by atoms with Crippen LogP contribution in [0.5, 0.6) is 0 Å². The third-order valence-electron chi connectivity index (χ3n) is 3.06. The molecule has 0 amide bonds. The molecule has 1 fully saturated rings.